The van der Waals surface area contributed by atoms with Crippen LogP contribution in [-0.4, -0.2) is 7.11 Å². The molecule has 4 atom stereocenters. The van der Waals surface area contributed by atoms with E-state index in [9.17, 15) is 13.2 Å². The molecule has 0 heterocycles. The van der Waals surface area contributed by atoms with Crippen LogP contribution in [0.3, 0.4) is 0 Å². The number of ether oxygens (including phenoxy) is 1. The highest BCUT2D eigenvalue weighted by atomic mass is 19.1. The van der Waals surface area contributed by atoms with E-state index in [2.05, 4.69) is 19.1 Å². The second-order valence-corrected chi connectivity index (χ2v) is 9.56. The highest BCUT2D eigenvalue weighted by Crippen LogP contribution is 2.48. The fraction of sp³-hybridized carbons (Fsp3) is 0.500. The van der Waals surface area contributed by atoms with Crippen LogP contribution < -0.4 is 4.74 Å². The summed E-state index contributed by atoms with van der Waals surface area (Å²) in [6, 6.07) is 6.94. The van der Waals surface area contributed by atoms with E-state index in [1.807, 2.05) is 0 Å². The Hall–Kier alpha value is -2.23. The number of hydrogen-bond acceptors (Lipinski definition) is 1. The van der Waals surface area contributed by atoms with Crippen LogP contribution in [-0.2, 0) is 0 Å². The Labute approximate surface area is 189 Å². The minimum Gasteiger partial charge on any atom is -0.494 e. The van der Waals surface area contributed by atoms with Crippen molar-refractivity contribution < 1.29 is 17.9 Å². The molecule has 0 bridgehead atoms. The summed E-state index contributed by atoms with van der Waals surface area (Å²) in [5.74, 6) is 0.607. The summed E-state index contributed by atoms with van der Waals surface area (Å²) in [6.45, 7) is 2.08. The second-order valence-electron chi connectivity index (χ2n) is 9.56. The predicted octanol–water partition coefficient (Wildman–Crippen LogP) is 8.44. The largest absolute Gasteiger partial charge is 0.494 e. The van der Waals surface area contributed by atoms with Gasteiger partial charge in [0.15, 0.2) is 11.6 Å². The van der Waals surface area contributed by atoms with Crippen molar-refractivity contribution >= 4 is 0 Å². The molecule has 172 valence electrons. The Morgan fingerprint density at radius 2 is 1.62 bits per heavy atom. The SMILES string of the molecule is C/C=C/CCC1CCC2CC(c3cc(F)c(-c4ccc(OC)c(F)c4)c(F)c3)CCC2C1. The van der Waals surface area contributed by atoms with E-state index < -0.39 is 17.5 Å². The van der Waals surface area contributed by atoms with Crippen LogP contribution >= 0.6 is 0 Å². The first kappa shape index (κ1) is 22.9. The van der Waals surface area contributed by atoms with Crippen LogP contribution in [0.25, 0.3) is 11.1 Å². The van der Waals surface area contributed by atoms with Crippen LogP contribution in [0.5, 0.6) is 5.75 Å². The molecule has 2 fully saturated rings. The molecule has 0 N–H and O–H groups in total. The third-order valence-corrected chi connectivity index (χ3v) is 7.68. The molecule has 2 aliphatic carbocycles. The molecule has 32 heavy (non-hydrogen) atoms. The molecule has 2 aromatic rings. The van der Waals surface area contributed by atoms with Gasteiger partial charge < -0.3 is 4.74 Å². The number of halogens is 3. The van der Waals surface area contributed by atoms with Gasteiger partial charge in [-0.1, -0.05) is 24.6 Å². The van der Waals surface area contributed by atoms with Gasteiger partial charge in [-0.05, 0) is 111 Å². The fourth-order valence-corrected chi connectivity index (χ4v) is 5.98. The molecule has 2 saturated carbocycles. The van der Waals surface area contributed by atoms with E-state index in [1.165, 1.54) is 63.5 Å². The van der Waals surface area contributed by atoms with Gasteiger partial charge in [0.2, 0.25) is 0 Å². The van der Waals surface area contributed by atoms with E-state index >= 15 is 0 Å². The number of benzene rings is 2. The van der Waals surface area contributed by atoms with E-state index in [0.29, 0.717) is 5.92 Å². The number of rotatable bonds is 6. The normalized spacial score (nSPS) is 25.7. The molecular weight excluding hydrogens is 409 g/mol. The molecule has 4 unspecified atom stereocenters. The molecule has 0 saturated heterocycles. The molecule has 0 aromatic heterocycles. The monoisotopic (exact) mass is 442 g/mol. The van der Waals surface area contributed by atoms with E-state index in [1.54, 1.807) is 0 Å². The van der Waals surface area contributed by atoms with E-state index in [0.717, 1.165) is 42.7 Å². The van der Waals surface area contributed by atoms with Gasteiger partial charge >= 0.3 is 0 Å². The van der Waals surface area contributed by atoms with Gasteiger partial charge in [-0.2, -0.15) is 0 Å². The predicted molar refractivity (Wildman–Crippen MR) is 123 cm³/mol. The van der Waals surface area contributed by atoms with Crippen molar-refractivity contribution in [1.82, 2.24) is 0 Å². The second kappa shape index (κ2) is 10.1. The molecule has 2 aromatic carbocycles. The Bertz CT molecular complexity index is 944. The van der Waals surface area contributed by atoms with Gasteiger partial charge in [0.1, 0.15) is 11.6 Å². The quantitative estimate of drug-likeness (QED) is 0.408. The van der Waals surface area contributed by atoms with Crippen molar-refractivity contribution in [2.24, 2.45) is 17.8 Å². The van der Waals surface area contributed by atoms with Gasteiger partial charge in [-0.15, -0.1) is 0 Å². The van der Waals surface area contributed by atoms with Crippen molar-refractivity contribution in [3.05, 3.63) is 65.5 Å². The average Bonchev–Trinajstić information content (AvgIpc) is 2.78. The third-order valence-electron chi connectivity index (χ3n) is 7.68. The zero-order valence-corrected chi connectivity index (χ0v) is 19.0. The summed E-state index contributed by atoms with van der Waals surface area (Å²) in [5, 5.41) is 0. The summed E-state index contributed by atoms with van der Waals surface area (Å²) >= 11 is 0. The molecule has 0 spiro atoms. The zero-order chi connectivity index (χ0) is 22.7. The van der Waals surface area contributed by atoms with Crippen molar-refractivity contribution in [3.63, 3.8) is 0 Å². The lowest BCUT2D eigenvalue weighted by molar-refractivity contribution is 0.115. The molecule has 2 aliphatic rings. The number of fused-ring (bicyclic) bond motifs is 1. The van der Waals surface area contributed by atoms with Crippen molar-refractivity contribution in [2.45, 2.75) is 64.2 Å². The first-order chi connectivity index (χ1) is 15.5. The lowest BCUT2D eigenvalue weighted by Crippen LogP contribution is -2.30. The number of hydrogen-bond donors (Lipinski definition) is 0. The highest BCUT2D eigenvalue weighted by molar-refractivity contribution is 5.66. The summed E-state index contributed by atoms with van der Waals surface area (Å²) in [5.41, 5.74) is 0.752. The lowest BCUT2D eigenvalue weighted by Gasteiger charge is -2.42. The van der Waals surface area contributed by atoms with Crippen molar-refractivity contribution in [3.8, 4) is 16.9 Å². The minimum absolute atomic E-state index is 0.0551. The van der Waals surface area contributed by atoms with E-state index in [-0.39, 0.29) is 22.8 Å². The van der Waals surface area contributed by atoms with Crippen molar-refractivity contribution in [1.29, 1.82) is 0 Å². The molecular formula is C28H33F3O. The van der Waals surface area contributed by atoms with Crippen LogP contribution in [0.1, 0.15) is 69.8 Å². The van der Waals surface area contributed by atoms with Gasteiger partial charge in [0, 0.05) is 0 Å². The zero-order valence-electron chi connectivity index (χ0n) is 19.0. The highest BCUT2D eigenvalue weighted by Gasteiger charge is 2.36. The summed E-state index contributed by atoms with van der Waals surface area (Å²) in [7, 11) is 1.36. The number of methoxy groups -OCH3 is 1. The molecule has 4 rings (SSSR count). The Balaban J connectivity index is 1.46. The Morgan fingerprint density at radius 3 is 2.31 bits per heavy atom. The van der Waals surface area contributed by atoms with E-state index in [4.69, 9.17) is 4.74 Å². The first-order valence-electron chi connectivity index (χ1n) is 11.9. The fourth-order valence-electron chi connectivity index (χ4n) is 5.98. The maximum absolute atomic E-state index is 15.0. The van der Waals surface area contributed by atoms with Gasteiger partial charge in [0.25, 0.3) is 0 Å². The van der Waals surface area contributed by atoms with Gasteiger partial charge in [-0.3, -0.25) is 0 Å². The first-order valence-corrected chi connectivity index (χ1v) is 11.9. The summed E-state index contributed by atoms with van der Waals surface area (Å²) < 4.78 is 49.0. The third kappa shape index (κ3) is 4.89. The maximum atomic E-state index is 15.0. The molecule has 0 radical (unpaired) electrons. The Kier molecular flexibility index (Phi) is 7.27. The minimum atomic E-state index is -0.632. The Morgan fingerprint density at radius 1 is 0.906 bits per heavy atom. The van der Waals surface area contributed by atoms with Crippen LogP contribution in [0, 0.1) is 35.2 Å². The van der Waals surface area contributed by atoms with Gasteiger partial charge in [-0.25, -0.2) is 13.2 Å². The maximum Gasteiger partial charge on any atom is 0.165 e. The topological polar surface area (TPSA) is 9.23 Å². The smallest absolute Gasteiger partial charge is 0.165 e. The number of allylic oxidation sites excluding steroid dienone is 2. The van der Waals surface area contributed by atoms with Crippen LogP contribution in [0.15, 0.2) is 42.5 Å². The standard InChI is InChI=1S/C28H33F3O/c1-3-4-5-6-18-7-8-20-14-21(10-9-19(20)13-18)23-16-25(30)28(26(31)17-23)22-11-12-27(32-2)24(29)15-22/h3-4,11-12,15-21H,5-10,13-14H2,1-2H3/b4-3+. The van der Waals surface area contributed by atoms with Gasteiger partial charge in [0.05, 0.1) is 12.7 Å². The summed E-state index contributed by atoms with van der Waals surface area (Å²) in [4.78, 5) is 0. The molecule has 4 heteroatoms. The van der Waals surface area contributed by atoms with Crippen molar-refractivity contribution in [2.75, 3.05) is 7.11 Å². The van der Waals surface area contributed by atoms with Crippen LogP contribution in [0.4, 0.5) is 13.2 Å². The molecule has 1 nitrogen and oxygen atoms in total. The lowest BCUT2D eigenvalue weighted by atomic mass is 9.63. The summed E-state index contributed by atoms with van der Waals surface area (Å²) in [6.07, 6.45) is 13.8. The molecule has 0 amide bonds. The molecule has 0 aliphatic heterocycles. The van der Waals surface area contributed by atoms with Crippen LogP contribution in [0.2, 0.25) is 0 Å². The average molecular weight is 443 g/mol.